The number of carbonyl (C=O) groups excluding carboxylic acids is 7. The van der Waals surface area contributed by atoms with Gasteiger partial charge in [0.25, 0.3) is 0 Å². The molecular formula is C94H181N5Na2O20P2. The Kier molecular flexibility index (Phi) is 90.3. The van der Waals surface area contributed by atoms with Gasteiger partial charge < -0.3 is 62.9 Å². The average Bonchev–Trinajstić information content (AvgIpc) is 0.898. The second-order valence-electron chi connectivity index (χ2n) is 34.1. The van der Waals surface area contributed by atoms with Crippen molar-refractivity contribution in [3.05, 3.63) is 24.3 Å². The first-order valence-electron chi connectivity index (χ1n) is 48.6. The molecule has 123 heavy (non-hydrogen) atoms. The Bertz CT molecular complexity index is 2540. The number of nitrogens with one attached hydrogen (secondary N) is 5. The molecule has 0 aliphatic heterocycles. The van der Waals surface area contributed by atoms with Crippen molar-refractivity contribution in [1.82, 2.24) is 26.6 Å². The Balaban J connectivity index is -0.0000120. The fourth-order valence-electron chi connectivity index (χ4n) is 13.9. The summed E-state index contributed by atoms with van der Waals surface area (Å²) in [7, 11) is -9.68. The maximum Gasteiger partial charge on any atom is 1.00 e. The molecule has 0 heterocycles. The zero-order valence-corrected chi connectivity index (χ0v) is 85.7. The van der Waals surface area contributed by atoms with Gasteiger partial charge in [-0.25, -0.2) is 13.9 Å². The minimum absolute atomic E-state index is 0. The van der Waals surface area contributed by atoms with Gasteiger partial charge in [0.2, 0.25) is 23.6 Å². The van der Waals surface area contributed by atoms with Crippen molar-refractivity contribution >= 4 is 57.3 Å². The summed E-state index contributed by atoms with van der Waals surface area (Å²) in [6, 6.07) is -1.73. The number of amides is 5. The van der Waals surface area contributed by atoms with E-state index in [1.165, 1.54) is 141 Å². The molecule has 0 spiro atoms. The maximum atomic E-state index is 13.9. The molecular weight excluding hydrogens is 1630 g/mol. The van der Waals surface area contributed by atoms with E-state index in [4.69, 9.17) is 41.8 Å². The fraction of sp³-hybridized carbons (Fsp3) is 0.883. The van der Waals surface area contributed by atoms with Crippen molar-refractivity contribution in [2.24, 2.45) is 5.92 Å². The van der Waals surface area contributed by atoms with Crippen LogP contribution in [0.5, 0.6) is 0 Å². The third-order valence-electron chi connectivity index (χ3n) is 21.1. The number of alkyl carbamates (subject to hydrolysis) is 1. The summed E-state index contributed by atoms with van der Waals surface area (Å²) in [6.45, 7) is 16.1. The van der Waals surface area contributed by atoms with Crippen LogP contribution in [0.1, 0.15) is 431 Å². The smallest absolute Gasteiger partial charge is 1.00 e. The van der Waals surface area contributed by atoms with E-state index < -0.39 is 83.6 Å². The Labute approximate surface area is 795 Å². The predicted molar refractivity (Wildman–Crippen MR) is 490 cm³/mol. The van der Waals surface area contributed by atoms with Crippen LogP contribution < -0.4 is 85.7 Å². The number of phosphoric acid groups is 2. The summed E-state index contributed by atoms with van der Waals surface area (Å²) >= 11 is 0. The van der Waals surface area contributed by atoms with Crippen LogP contribution in [0.15, 0.2) is 24.3 Å². The minimum atomic E-state index is -4.84. The number of phosphoric ester groups is 2. The largest absolute Gasteiger partial charge is 1.00 e. The molecule has 0 aromatic heterocycles. The molecule has 0 saturated heterocycles. The normalized spacial score (nSPS) is 13.8. The van der Waals surface area contributed by atoms with E-state index in [1.54, 1.807) is 20.8 Å². The van der Waals surface area contributed by atoms with E-state index in [9.17, 15) is 52.5 Å². The van der Waals surface area contributed by atoms with Gasteiger partial charge in [-0.3, -0.25) is 46.9 Å². The molecule has 29 heteroatoms. The molecule has 0 radical (unpaired) electrons. The third kappa shape index (κ3) is 86.2. The van der Waals surface area contributed by atoms with Crippen LogP contribution in [-0.2, 0) is 79.7 Å². The molecule has 0 saturated carbocycles. The SMILES string of the molecule is CCCCCC/C=C\CCCC(=O)O[C@H](CCCCCCC)CCOCC(COP(=O)(O)OCCNC(=O)C(CCCCNC(=O)OC(C)(C)C)C(=O)NCCOP(=O)(O)OCC(COCC[C@@H](CCCCCCC)OC(=O)CCC/C=C\CCCCCC)NC(=O)CCCCCCCCCCCCC)NC(=O)CCCCCCCCCCCCC.[H-].[H-].[Na+].[Na+]. The van der Waals surface area contributed by atoms with E-state index in [-0.39, 0.29) is 170 Å². The van der Waals surface area contributed by atoms with Gasteiger partial charge in [0.15, 0.2) is 0 Å². The Morgan fingerprint density at radius 1 is 0.341 bits per heavy atom. The Morgan fingerprint density at radius 3 is 0.992 bits per heavy atom. The average molecular weight is 1810 g/mol. The van der Waals surface area contributed by atoms with Gasteiger partial charge in [-0.15, -0.1) is 0 Å². The molecule has 4 unspecified atom stereocenters. The van der Waals surface area contributed by atoms with Gasteiger partial charge in [-0.05, 0) is 124 Å². The molecule has 0 fully saturated rings. The van der Waals surface area contributed by atoms with Crippen LogP contribution in [-0.4, -0.2) is 154 Å². The van der Waals surface area contributed by atoms with Gasteiger partial charge in [0, 0.05) is 58.2 Å². The van der Waals surface area contributed by atoms with Crippen molar-refractivity contribution in [2.45, 2.75) is 458 Å². The summed E-state index contributed by atoms with van der Waals surface area (Å²) in [5, 5.41) is 13.7. The zero-order valence-electron chi connectivity index (χ0n) is 81.9. The van der Waals surface area contributed by atoms with Gasteiger partial charge in [0.1, 0.15) is 23.7 Å². The molecule has 0 aromatic rings. The topological polar surface area (TPSA) is 337 Å². The first kappa shape index (κ1) is 125. The van der Waals surface area contributed by atoms with Crippen molar-refractivity contribution in [3.63, 3.8) is 0 Å². The second kappa shape index (κ2) is 89.0. The summed E-state index contributed by atoms with van der Waals surface area (Å²) in [6.07, 6.45) is 61.1. The first-order valence-corrected chi connectivity index (χ1v) is 51.6. The first-order chi connectivity index (χ1) is 58.4. The fourth-order valence-corrected chi connectivity index (χ4v) is 15.4. The standard InChI is InChI=1S/C94H179N5O20P2.2Na.2H/c1-10-16-22-28-32-36-38-42-44-50-56-65-87(100)98-82(78-111-74-69-84(62-54-48-26-20-14-5)117-89(102)67-58-52-46-40-34-30-24-18-12-3)80-115-120(107,108)113-76-72-95-91(104)86(64-60-61-71-97-93(106)119-94(7,8)9)92(105)96-73-77-114-121(109,110)116-81-83(99-88(101)66-57-51-45-43-39-37-33-29-23-17-11-2)79-112-75-70-85(63-55-49-27-21-15-6)118-90(103)68-59-53-47-41-35-31-25-19-13-4;;;;/h40-41,46-47,82-86H,10-39,42-45,48-81H2,1-9H3,(H,95,104)(H,96,105)(H,97,106)(H,98,100)(H,99,101)(H,107,108)(H,109,110);;;;/q;2*+1;2*-1/b46-40-,47-41-;;;;/t82?,83?,84-,85-,86?;;;;/m1..../s1. The van der Waals surface area contributed by atoms with E-state index in [0.29, 0.717) is 70.6 Å². The van der Waals surface area contributed by atoms with Crippen molar-refractivity contribution in [1.29, 1.82) is 0 Å². The predicted octanol–water partition coefficient (Wildman–Crippen LogP) is 17.2. The van der Waals surface area contributed by atoms with Crippen LogP contribution in [0.25, 0.3) is 0 Å². The summed E-state index contributed by atoms with van der Waals surface area (Å²) in [5.74, 6) is -3.93. The van der Waals surface area contributed by atoms with E-state index in [2.05, 4.69) is 92.4 Å². The summed E-state index contributed by atoms with van der Waals surface area (Å²) < 4.78 is 78.1. The maximum absolute atomic E-state index is 13.9. The molecule has 0 bridgehead atoms. The number of carbonyl (C=O) groups is 7. The second-order valence-corrected chi connectivity index (χ2v) is 37.0. The summed E-state index contributed by atoms with van der Waals surface area (Å²) in [5.41, 5.74) is -0.739. The van der Waals surface area contributed by atoms with Crippen molar-refractivity contribution in [2.75, 3.05) is 72.5 Å². The van der Waals surface area contributed by atoms with Gasteiger partial charge >= 0.3 is 92.8 Å². The van der Waals surface area contributed by atoms with E-state index >= 15 is 0 Å². The zero-order chi connectivity index (χ0) is 89.2. The molecule has 6 atom stereocenters. The Hall–Kier alpha value is -2.29. The third-order valence-corrected chi connectivity index (χ3v) is 23.1. The molecule has 0 rings (SSSR count). The number of hydrogen-bond acceptors (Lipinski definition) is 18. The molecule has 5 amide bonds. The molecule has 714 valence electrons. The molecule has 25 nitrogen and oxygen atoms in total. The van der Waals surface area contributed by atoms with E-state index in [1.807, 2.05) is 0 Å². The van der Waals surface area contributed by atoms with Gasteiger partial charge in [-0.1, -0.05) is 291 Å². The van der Waals surface area contributed by atoms with Crippen LogP contribution in [0.2, 0.25) is 0 Å². The van der Waals surface area contributed by atoms with Crippen LogP contribution in [0, 0.1) is 5.92 Å². The minimum Gasteiger partial charge on any atom is -1.00 e. The quantitative estimate of drug-likeness (QED) is 0.00566. The van der Waals surface area contributed by atoms with Gasteiger partial charge in [-0.2, -0.15) is 0 Å². The van der Waals surface area contributed by atoms with Gasteiger partial charge in [0.05, 0.1) is 64.9 Å². The number of unbranched alkanes of at least 4 members (excludes halogenated alkanes) is 39. The van der Waals surface area contributed by atoms with Crippen molar-refractivity contribution in [3.8, 4) is 0 Å². The molecule has 0 aliphatic carbocycles. The molecule has 0 aromatic carbocycles. The number of rotatable bonds is 89. The number of hydrogen-bond donors (Lipinski definition) is 7. The number of esters is 2. The monoisotopic (exact) mass is 1810 g/mol. The van der Waals surface area contributed by atoms with Crippen LogP contribution in [0.3, 0.4) is 0 Å². The number of ether oxygens (including phenoxy) is 5. The molecule has 0 aliphatic rings. The van der Waals surface area contributed by atoms with E-state index in [0.717, 1.165) is 128 Å². The van der Waals surface area contributed by atoms with Crippen LogP contribution >= 0.6 is 15.6 Å². The van der Waals surface area contributed by atoms with Crippen molar-refractivity contribution < 1.29 is 156 Å². The number of allylic oxidation sites excluding steroid dienone is 4. The van der Waals surface area contributed by atoms with Crippen LogP contribution in [0.4, 0.5) is 4.79 Å². The Morgan fingerprint density at radius 2 is 0.650 bits per heavy atom. The molecule has 7 N–H and O–H groups in total. The summed E-state index contributed by atoms with van der Waals surface area (Å²) in [4.78, 5) is 115.